The van der Waals surface area contributed by atoms with Gasteiger partial charge in [0, 0.05) is 6.54 Å². The molecule has 0 aromatic heterocycles. The van der Waals surface area contributed by atoms with Crippen LogP contribution in [0.25, 0.3) is 0 Å². The molecule has 160 valence electrons. The van der Waals surface area contributed by atoms with Crippen LogP contribution < -0.4 is 5.32 Å². The molecule has 3 amide bonds. The van der Waals surface area contributed by atoms with E-state index in [0.29, 0.717) is 18.9 Å². The van der Waals surface area contributed by atoms with Gasteiger partial charge in [0.1, 0.15) is 5.54 Å². The zero-order valence-electron chi connectivity index (χ0n) is 18.7. The van der Waals surface area contributed by atoms with E-state index in [9.17, 15) is 9.59 Å². The lowest BCUT2D eigenvalue weighted by Gasteiger charge is -2.29. The van der Waals surface area contributed by atoms with Crippen molar-refractivity contribution in [3.05, 3.63) is 71.3 Å². The molecule has 1 aliphatic rings. The predicted octanol–water partition coefficient (Wildman–Crippen LogP) is 4.69. The fourth-order valence-electron chi connectivity index (χ4n) is 4.15. The molecule has 3 rings (SSSR count). The van der Waals surface area contributed by atoms with Gasteiger partial charge in [-0.2, -0.15) is 0 Å². The second kappa shape index (κ2) is 9.00. The molecule has 5 heteroatoms. The van der Waals surface area contributed by atoms with E-state index in [4.69, 9.17) is 0 Å². The average Bonchev–Trinajstić information content (AvgIpc) is 2.93. The molecule has 1 atom stereocenters. The molecule has 0 radical (unpaired) electrons. The first kappa shape index (κ1) is 22.0. The number of nitrogens with one attached hydrogen (secondary N) is 1. The van der Waals surface area contributed by atoms with E-state index in [1.54, 1.807) is 0 Å². The number of imide groups is 1. The topological polar surface area (TPSA) is 52.7 Å². The number of hydrogen-bond donors (Lipinski definition) is 1. The second-order valence-corrected chi connectivity index (χ2v) is 9.08. The predicted molar refractivity (Wildman–Crippen MR) is 120 cm³/mol. The fraction of sp³-hybridized carbons (Fsp3) is 0.440. The van der Waals surface area contributed by atoms with E-state index in [2.05, 4.69) is 57.3 Å². The van der Waals surface area contributed by atoms with E-state index in [-0.39, 0.29) is 24.5 Å². The van der Waals surface area contributed by atoms with Crippen molar-refractivity contribution in [2.75, 3.05) is 13.7 Å². The number of benzene rings is 2. The minimum atomic E-state index is -0.994. The third-order valence-electron chi connectivity index (χ3n) is 5.64. The highest BCUT2D eigenvalue weighted by atomic mass is 16.2. The molecule has 0 bridgehead atoms. The Bertz CT molecular complexity index is 877. The number of rotatable bonds is 8. The second-order valence-electron chi connectivity index (χ2n) is 9.08. The summed E-state index contributed by atoms with van der Waals surface area (Å²) in [5, 5.41) is 3.01. The first-order chi connectivity index (χ1) is 14.2. The number of carbonyl (C=O) groups is 2. The molecule has 1 aliphatic heterocycles. The number of hydrogen-bond acceptors (Lipinski definition) is 3. The number of urea groups is 1. The molecule has 0 saturated carbocycles. The quantitative estimate of drug-likeness (QED) is 0.646. The summed E-state index contributed by atoms with van der Waals surface area (Å²) in [6.07, 6.45) is 0.568. The van der Waals surface area contributed by atoms with Crippen LogP contribution in [0.4, 0.5) is 4.79 Å². The Morgan fingerprint density at radius 3 is 2.17 bits per heavy atom. The summed E-state index contributed by atoms with van der Waals surface area (Å²) in [6.45, 7) is 9.41. The van der Waals surface area contributed by atoms with Crippen molar-refractivity contribution >= 4 is 11.9 Å². The molecule has 1 heterocycles. The van der Waals surface area contributed by atoms with Crippen LogP contribution >= 0.6 is 0 Å². The van der Waals surface area contributed by atoms with Gasteiger partial charge in [-0.1, -0.05) is 82.3 Å². The van der Waals surface area contributed by atoms with Gasteiger partial charge in [-0.3, -0.25) is 9.69 Å². The largest absolute Gasteiger partial charge is 0.326 e. The van der Waals surface area contributed by atoms with Gasteiger partial charge >= 0.3 is 6.03 Å². The van der Waals surface area contributed by atoms with Crippen molar-refractivity contribution < 1.29 is 9.59 Å². The standard InChI is InChI=1S/C25H33N3O2/c1-18(2)15-25(22-9-7-6-8-10-22)23(29)28(24(30)26-25)17-27(5)16-20-11-13-21(14-12-20)19(3)4/h6-14,18-19H,15-17H2,1-5H3,(H,26,30)/t25-/m0/s1. The van der Waals surface area contributed by atoms with Gasteiger partial charge in [0.2, 0.25) is 0 Å². The third kappa shape index (κ3) is 4.57. The molecule has 2 aromatic carbocycles. The van der Waals surface area contributed by atoms with Crippen LogP contribution in [0.5, 0.6) is 0 Å². The summed E-state index contributed by atoms with van der Waals surface area (Å²) < 4.78 is 0. The molecule has 1 N–H and O–H groups in total. The van der Waals surface area contributed by atoms with Gasteiger partial charge < -0.3 is 5.32 Å². The fourth-order valence-corrected chi connectivity index (χ4v) is 4.15. The Kier molecular flexibility index (Phi) is 6.61. The summed E-state index contributed by atoms with van der Waals surface area (Å²) in [7, 11) is 1.93. The van der Waals surface area contributed by atoms with Gasteiger partial charge in [-0.15, -0.1) is 0 Å². The smallest absolute Gasteiger partial charge is 0.319 e. The van der Waals surface area contributed by atoms with Crippen LogP contribution in [-0.4, -0.2) is 35.5 Å². The van der Waals surface area contributed by atoms with Crippen LogP contribution in [0.3, 0.4) is 0 Å². The highest BCUT2D eigenvalue weighted by Gasteiger charge is 2.52. The van der Waals surface area contributed by atoms with Crippen molar-refractivity contribution in [2.45, 2.75) is 52.1 Å². The first-order valence-corrected chi connectivity index (χ1v) is 10.7. The van der Waals surface area contributed by atoms with Crippen LogP contribution in [0.2, 0.25) is 0 Å². The van der Waals surface area contributed by atoms with E-state index in [1.165, 1.54) is 10.5 Å². The van der Waals surface area contributed by atoms with Gasteiger partial charge in [-0.25, -0.2) is 9.69 Å². The summed E-state index contributed by atoms with van der Waals surface area (Å²) in [4.78, 5) is 29.7. The van der Waals surface area contributed by atoms with Crippen LogP contribution in [-0.2, 0) is 16.9 Å². The molecule has 30 heavy (non-hydrogen) atoms. The van der Waals surface area contributed by atoms with Crippen molar-refractivity contribution in [1.82, 2.24) is 15.1 Å². The molecule has 0 spiro atoms. The maximum Gasteiger partial charge on any atom is 0.326 e. The van der Waals surface area contributed by atoms with Crippen molar-refractivity contribution in [3.63, 3.8) is 0 Å². The van der Waals surface area contributed by atoms with Crippen LogP contribution in [0, 0.1) is 5.92 Å². The number of carbonyl (C=O) groups excluding carboxylic acids is 2. The van der Waals surface area contributed by atoms with Gasteiger partial charge in [0.25, 0.3) is 5.91 Å². The minimum Gasteiger partial charge on any atom is -0.319 e. The Morgan fingerprint density at radius 2 is 1.60 bits per heavy atom. The summed E-state index contributed by atoms with van der Waals surface area (Å²) in [5.41, 5.74) is 2.31. The zero-order valence-corrected chi connectivity index (χ0v) is 18.7. The maximum atomic E-state index is 13.5. The lowest BCUT2D eigenvalue weighted by Crippen LogP contribution is -2.46. The average molecular weight is 408 g/mol. The van der Waals surface area contributed by atoms with Crippen molar-refractivity contribution in [3.8, 4) is 0 Å². The zero-order chi connectivity index (χ0) is 21.9. The molecule has 5 nitrogen and oxygen atoms in total. The lowest BCUT2D eigenvalue weighted by atomic mass is 9.82. The van der Waals surface area contributed by atoms with Gasteiger partial charge in [0.15, 0.2) is 0 Å². The molecule has 1 fully saturated rings. The van der Waals surface area contributed by atoms with Crippen molar-refractivity contribution in [2.24, 2.45) is 5.92 Å². The number of nitrogens with zero attached hydrogens (tertiary/aromatic N) is 2. The Labute approximate surface area is 180 Å². The molecular weight excluding hydrogens is 374 g/mol. The maximum absolute atomic E-state index is 13.5. The van der Waals surface area contributed by atoms with Crippen LogP contribution in [0.15, 0.2) is 54.6 Å². The van der Waals surface area contributed by atoms with Gasteiger partial charge in [0.05, 0.1) is 6.67 Å². The highest BCUT2D eigenvalue weighted by molar-refractivity contribution is 6.07. The molecular formula is C25H33N3O2. The summed E-state index contributed by atoms with van der Waals surface area (Å²) >= 11 is 0. The molecule has 0 aliphatic carbocycles. The molecule has 0 unspecified atom stereocenters. The van der Waals surface area contributed by atoms with E-state index in [0.717, 1.165) is 11.1 Å². The Morgan fingerprint density at radius 1 is 0.967 bits per heavy atom. The SMILES string of the molecule is CC(C)C[C@@]1(c2ccccc2)NC(=O)N(CN(C)Cc2ccc(C(C)C)cc2)C1=O. The Balaban J connectivity index is 1.76. The van der Waals surface area contributed by atoms with E-state index in [1.807, 2.05) is 42.3 Å². The summed E-state index contributed by atoms with van der Waals surface area (Å²) in [5.74, 6) is 0.579. The normalized spacial score (nSPS) is 19.3. The Hall–Kier alpha value is -2.66. The van der Waals surface area contributed by atoms with Crippen LogP contribution in [0.1, 0.15) is 56.7 Å². The van der Waals surface area contributed by atoms with Crippen molar-refractivity contribution in [1.29, 1.82) is 0 Å². The minimum absolute atomic E-state index is 0.172. The first-order valence-electron chi connectivity index (χ1n) is 10.7. The lowest BCUT2D eigenvalue weighted by molar-refractivity contribution is -0.133. The van der Waals surface area contributed by atoms with E-state index < -0.39 is 5.54 Å². The highest BCUT2D eigenvalue weighted by Crippen LogP contribution is 2.35. The summed E-state index contributed by atoms with van der Waals surface area (Å²) in [6, 6.07) is 17.8. The van der Waals surface area contributed by atoms with E-state index >= 15 is 0 Å². The number of amides is 3. The monoisotopic (exact) mass is 407 g/mol. The van der Waals surface area contributed by atoms with Gasteiger partial charge in [-0.05, 0) is 42.0 Å². The molecule has 1 saturated heterocycles. The molecule has 2 aromatic rings. The third-order valence-corrected chi connectivity index (χ3v) is 5.64.